The first-order valence-electron chi connectivity index (χ1n) is 14.0. The standard InChI is InChI=1S/C29H44N2O5/c1-5-36-27(34)24-17-31(25(32)16-23(24)22-11-12-22)19-29(35)13-14-30(18-28(29,3)4)26(33)20(2)15-21-9-7-6-8-10-21/h16-17,20-22,35H,5-15,18-19H2,1-4H3/t20?,29-/m1/s1. The smallest absolute Gasteiger partial charge is 0.339 e. The average Bonchev–Trinajstić information content (AvgIpc) is 3.68. The molecule has 4 rings (SSSR count). The van der Waals surface area contributed by atoms with Gasteiger partial charge in [-0.05, 0) is 50.0 Å². The Balaban J connectivity index is 1.48. The molecular formula is C29H44N2O5. The number of pyridine rings is 1. The summed E-state index contributed by atoms with van der Waals surface area (Å²) < 4.78 is 6.72. The maximum atomic E-state index is 13.3. The van der Waals surface area contributed by atoms with Crippen LogP contribution in [0.3, 0.4) is 0 Å². The first-order chi connectivity index (χ1) is 17.0. The molecule has 2 aliphatic carbocycles. The van der Waals surface area contributed by atoms with Crippen LogP contribution in [-0.4, -0.2) is 51.7 Å². The van der Waals surface area contributed by atoms with Crippen molar-refractivity contribution in [3.8, 4) is 0 Å². The number of piperidine rings is 1. The van der Waals surface area contributed by atoms with Crippen LogP contribution in [0.15, 0.2) is 17.1 Å². The predicted octanol–water partition coefficient (Wildman–Crippen LogP) is 4.50. The minimum absolute atomic E-state index is 0.0141. The maximum Gasteiger partial charge on any atom is 0.339 e. The van der Waals surface area contributed by atoms with E-state index in [0.717, 1.165) is 24.8 Å². The van der Waals surface area contributed by atoms with Crippen LogP contribution in [0.25, 0.3) is 0 Å². The van der Waals surface area contributed by atoms with E-state index in [1.165, 1.54) is 36.7 Å². The van der Waals surface area contributed by atoms with Gasteiger partial charge in [0.1, 0.15) is 0 Å². The lowest BCUT2D eigenvalue weighted by atomic mass is 9.69. The lowest BCUT2D eigenvalue weighted by Crippen LogP contribution is -2.61. The number of amides is 1. The van der Waals surface area contributed by atoms with Gasteiger partial charge in [0.2, 0.25) is 5.91 Å². The zero-order chi connectivity index (χ0) is 26.1. The van der Waals surface area contributed by atoms with E-state index in [-0.39, 0.29) is 36.5 Å². The second kappa shape index (κ2) is 10.7. The second-order valence-electron chi connectivity index (χ2n) is 12.2. The molecule has 3 fully saturated rings. The SMILES string of the molecule is CCOC(=O)c1cn(C[C@]2(O)CCN(C(=O)C(C)CC3CCCCC3)CC2(C)C)c(=O)cc1C1CC1. The highest BCUT2D eigenvalue weighted by atomic mass is 16.5. The highest BCUT2D eigenvalue weighted by molar-refractivity contribution is 5.91. The molecule has 1 aliphatic heterocycles. The Morgan fingerprint density at radius 3 is 2.47 bits per heavy atom. The van der Waals surface area contributed by atoms with E-state index < -0.39 is 17.0 Å². The summed E-state index contributed by atoms with van der Waals surface area (Å²) >= 11 is 0. The first kappa shape index (κ1) is 26.9. The molecule has 200 valence electrons. The molecule has 1 aromatic rings. The predicted molar refractivity (Wildman–Crippen MR) is 139 cm³/mol. The maximum absolute atomic E-state index is 13.3. The normalized spacial score (nSPS) is 25.4. The lowest BCUT2D eigenvalue weighted by Gasteiger charge is -2.51. The topological polar surface area (TPSA) is 88.8 Å². The van der Waals surface area contributed by atoms with Crippen molar-refractivity contribution in [2.45, 2.75) is 104 Å². The monoisotopic (exact) mass is 500 g/mol. The molecule has 0 aromatic carbocycles. The van der Waals surface area contributed by atoms with Gasteiger partial charge < -0.3 is 19.3 Å². The zero-order valence-electron chi connectivity index (χ0n) is 22.6. The minimum atomic E-state index is -1.19. The fourth-order valence-electron chi connectivity index (χ4n) is 6.28. The molecular weight excluding hydrogens is 456 g/mol. The molecule has 36 heavy (non-hydrogen) atoms. The van der Waals surface area contributed by atoms with Crippen molar-refractivity contribution < 1.29 is 19.4 Å². The van der Waals surface area contributed by atoms with Crippen LogP contribution in [0.2, 0.25) is 0 Å². The van der Waals surface area contributed by atoms with E-state index >= 15 is 0 Å². The number of hydrogen-bond donors (Lipinski definition) is 1. The zero-order valence-corrected chi connectivity index (χ0v) is 22.6. The third-order valence-electron chi connectivity index (χ3n) is 8.89. The van der Waals surface area contributed by atoms with E-state index in [2.05, 4.69) is 0 Å². The van der Waals surface area contributed by atoms with Crippen molar-refractivity contribution in [1.29, 1.82) is 0 Å². The van der Waals surface area contributed by atoms with Gasteiger partial charge in [-0.25, -0.2) is 4.79 Å². The van der Waals surface area contributed by atoms with Gasteiger partial charge >= 0.3 is 5.97 Å². The molecule has 2 saturated carbocycles. The van der Waals surface area contributed by atoms with Gasteiger partial charge in [-0.3, -0.25) is 9.59 Å². The van der Waals surface area contributed by atoms with Gasteiger partial charge in [-0.2, -0.15) is 0 Å². The van der Waals surface area contributed by atoms with E-state index in [0.29, 0.717) is 31.0 Å². The third-order valence-corrected chi connectivity index (χ3v) is 8.89. The molecule has 1 saturated heterocycles. The van der Waals surface area contributed by atoms with Gasteiger partial charge in [0.05, 0.1) is 24.3 Å². The minimum Gasteiger partial charge on any atom is -0.462 e. The van der Waals surface area contributed by atoms with Crippen molar-refractivity contribution in [2.75, 3.05) is 19.7 Å². The molecule has 1 aromatic heterocycles. The van der Waals surface area contributed by atoms with Crippen molar-refractivity contribution in [3.05, 3.63) is 33.7 Å². The molecule has 2 heterocycles. The quantitative estimate of drug-likeness (QED) is 0.531. The third kappa shape index (κ3) is 5.71. The van der Waals surface area contributed by atoms with E-state index in [9.17, 15) is 19.5 Å². The number of carbonyl (C=O) groups is 2. The number of esters is 1. The summed E-state index contributed by atoms with van der Waals surface area (Å²) in [7, 11) is 0. The van der Waals surface area contributed by atoms with Gasteiger partial charge in [0.15, 0.2) is 0 Å². The van der Waals surface area contributed by atoms with Gasteiger partial charge in [-0.1, -0.05) is 52.9 Å². The Bertz CT molecular complexity index is 1020. The fourth-order valence-corrected chi connectivity index (χ4v) is 6.28. The summed E-state index contributed by atoms with van der Waals surface area (Å²) in [5.74, 6) is 0.612. The lowest BCUT2D eigenvalue weighted by molar-refractivity contribution is -0.157. The van der Waals surface area contributed by atoms with Crippen molar-refractivity contribution in [3.63, 3.8) is 0 Å². The number of nitrogens with zero attached hydrogens (tertiary/aromatic N) is 2. The van der Waals surface area contributed by atoms with E-state index in [1.54, 1.807) is 19.2 Å². The summed E-state index contributed by atoms with van der Waals surface area (Å²) in [6.07, 6.45) is 11.1. The number of likely N-dealkylation sites (tertiary alicyclic amines) is 1. The van der Waals surface area contributed by atoms with Crippen LogP contribution < -0.4 is 5.56 Å². The van der Waals surface area contributed by atoms with Crippen molar-refractivity contribution >= 4 is 11.9 Å². The summed E-state index contributed by atoms with van der Waals surface area (Å²) in [5, 5.41) is 11.8. The second-order valence-corrected chi connectivity index (χ2v) is 12.2. The van der Waals surface area contributed by atoms with Crippen LogP contribution in [0, 0.1) is 17.3 Å². The molecule has 7 nitrogen and oxygen atoms in total. The Morgan fingerprint density at radius 2 is 1.86 bits per heavy atom. The summed E-state index contributed by atoms with van der Waals surface area (Å²) in [6, 6.07) is 1.55. The molecule has 3 aliphatic rings. The molecule has 0 radical (unpaired) electrons. The molecule has 0 bridgehead atoms. The number of rotatable bonds is 8. The number of carbonyl (C=O) groups excluding carboxylic acids is 2. The Hall–Kier alpha value is -2.15. The van der Waals surface area contributed by atoms with Crippen LogP contribution in [0.1, 0.15) is 107 Å². The van der Waals surface area contributed by atoms with E-state index in [1.807, 2.05) is 25.7 Å². The number of aliphatic hydroxyl groups is 1. The van der Waals surface area contributed by atoms with E-state index in [4.69, 9.17) is 4.74 Å². The largest absolute Gasteiger partial charge is 0.462 e. The highest BCUT2D eigenvalue weighted by Crippen LogP contribution is 2.43. The van der Waals surface area contributed by atoms with Crippen molar-refractivity contribution in [2.24, 2.45) is 17.3 Å². The molecule has 1 N–H and O–H groups in total. The molecule has 1 amide bonds. The van der Waals surface area contributed by atoms with Crippen LogP contribution in [0.5, 0.6) is 0 Å². The molecule has 1 unspecified atom stereocenters. The number of aromatic nitrogens is 1. The Labute approximate surface area is 215 Å². The number of ether oxygens (including phenoxy) is 1. The van der Waals surface area contributed by atoms with Crippen LogP contribution in [-0.2, 0) is 16.1 Å². The molecule has 0 spiro atoms. The Morgan fingerprint density at radius 1 is 1.17 bits per heavy atom. The van der Waals surface area contributed by atoms with Gasteiger partial charge in [-0.15, -0.1) is 0 Å². The fraction of sp³-hybridized carbons (Fsp3) is 0.759. The summed E-state index contributed by atoms with van der Waals surface area (Å²) in [5.41, 5.74) is -0.844. The Kier molecular flexibility index (Phi) is 7.98. The van der Waals surface area contributed by atoms with Gasteiger partial charge in [0.25, 0.3) is 5.56 Å². The van der Waals surface area contributed by atoms with Crippen LogP contribution >= 0.6 is 0 Å². The summed E-state index contributed by atoms with van der Waals surface area (Å²) in [4.78, 5) is 40.9. The molecule has 7 heteroatoms. The average molecular weight is 501 g/mol. The van der Waals surface area contributed by atoms with Crippen molar-refractivity contribution in [1.82, 2.24) is 9.47 Å². The highest BCUT2D eigenvalue weighted by Gasteiger charge is 2.49. The van der Waals surface area contributed by atoms with Crippen LogP contribution in [0.4, 0.5) is 0 Å². The van der Waals surface area contributed by atoms with Gasteiger partial charge in [0, 0.05) is 36.7 Å². The summed E-state index contributed by atoms with van der Waals surface area (Å²) in [6.45, 7) is 8.99. The molecule has 2 atom stereocenters. The number of hydrogen-bond acceptors (Lipinski definition) is 5. The first-order valence-corrected chi connectivity index (χ1v) is 14.0.